The van der Waals surface area contributed by atoms with Crippen LogP contribution in [0.2, 0.25) is 0 Å². The molecule has 3 aromatic rings. The maximum absolute atomic E-state index is 13.0. The predicted octanol–water partition coefficient (Wildman–Crippen LogP) is 1.63. The van der Waals surface area contributed by atoms with Crippen LogP contribution in [0, 0.1) is 0 Å². The molecule has 0 bridgehead atoms. The standard InChI is InChI=1S/C22H26N6O3/c1-2-3-4-10-28-20(30)17-7-6-16(15-18(17)25-22(28)31)19(29)26-11-13-27(14-12-26)21-23-8-5-9-24-21/h5-9,15H,2-4,10-14H2,1H3,(H,25,31). The molecule has 162 valence electrons. The van der Waals surface area contributed by atoms with Gasteiger partial charge in [0, 0.05) is 50.7 Å². The Morgan fingerprint density at radius 1 is 1.06 bits per heavy atom. The van der Waals surface area contributed by atoms with E-state index in [2.05, 4.69) is 21.9 Å². The largest absolute Gasteiger partial charge is 0.337 e. The van der Waals surface area contributed by atoms with Gasteiger partial charge in [-0.1, -0.05) is 19.8 Å². The monoisotopic (exact) mass is 422 g/mol. The van der Waals surface area contributed by atoms with Crippen LogP contribution in [0.15, 0.2) is 46.2 Å². The van der Waals surface area contributed by atoms with Crippen LogP contribution in [0.25, 0.3) is 10.9 Å². The van der Waals surface area contributed by atoms with Crippen LogP contribution in [0.3, 0.4) is 0 Å². The van der Waals surface area contributed by atoms with E-state index in [1.165, 1.54) is 4.57 Å². The zero-order valence-electron chi connectivity index (χ0n) is 17.6. The van der Waals surface area contributed by atoms with Crippen molar-refractivity contribution >= 4 is 22.8 Å². The van der Waals surface area contributed by atoms with Crippen molar-refractivity contribution in [1.29, 1.82) is 0 Å². The number of carbonyl (C=O) groups is 1. The molecule has 1 fully saturated rings. The van der Waals surface area contributed by atoms with E-state index >= 15 is 0 Å². The highest BCUT2D eigenvalue weighted by molar-refractivity contribution is 5.97. The molecule has 1 aliphatic heterocycles. The van der Waals surface area contributed by atoms with E-state index < -0.39 is 5.69 Å². The molecule has 0 atom stereocenters. The van der Waals surface area contributed by atoms with Crippen molar-refractivity contribution in [2.75, 3.05) is 31.1 Å². The number of unbranched alkanes of at least 4 members (excludes halogenated alkanes) is 2. The minimum atomic E-state index is -0.435. The minimum Gasteiger partial charge on any atom is -0.337 e. The highest BCUT2D eigenvalue weighted by atomic mass is 16.2. The number of H-pyrrole nitrogens is 1. The highest BCUT2D eigenvalue weighted by Gasteiger charge is 2.23. The fraction of sp³-hybridized carbons (Fsp3) is 0.409. The van der Waals surface area contributed by atoms with Gasteiger partial charge in [0.1, 0.15) is 0 Å². The summed E-state index contributed by atoms with van der Waals surface area (Å²) in [7, 11) is 0. The van der Waals surface area contributed by atoms with Crippen molar-refractivity contribution in [1.82, 2.24) is 24.4 Å². The second kappa shape index (κ2) is 9.11. The van der Waals surface area contributed by atoms with Crippen LogP contribution in [-0.4, -0.2) is 56.5 Å². The smallest absolute Gasteiger partial charge is 0.328 e. The Bertz CT molecular complexity index is 1180. The van der Waals surface area contributed by atoms with Crippen LogP contribution in [0.5, 0.6) is 0 Å². The molecule has 9 heteroatoms. The molecule has 0 aliphatic carbocycles. The van der Waals surface area contributed by atoms with Crippen LogP contribution < -0.4 is 16.1 Å². The molecule has 1 N–H and O–H groups in total. The Morgan fingerprint density at radius 3 is 2.52 bits per heavy atom. The molecule has 1 amide bonds. The number of nitrogens with one attached hydrogen (secondary N) is 1. The molecule has 1 aliphatic rings. The lowest BCUT2D eigenvalue weighted by Gasteiger charge is -2.34. The van der Waals surface area contributed by atoms with Gasteiger partial charge in [0.05, 0.1) is 10.9 Å². The van der Waals surface area contributed by atoms with Crippen LogP contribution in [-0.2, 0) is 6.54 Å². The second-order valence-electron chi connectivity index (χ2n) is 7.68. The summed E-state index contributed by atoms with van der Waals surface area (Å²) in [6.45, 7) is 4.84. The van der Waals surface area contributed by atoms with Crippen molar-refractivity contribution in [2.45, 2.75) is 32.7 Å². The molecule has 1 saturated heterocycles. The zero-order chi connectivity index (χ0) is 21.8. The van der Waals surface area contributed by atoms with Gasteiger partial charge in [0.15, 0.2) is 0 Å². The summed E-state index contributed by atoms with van der Waals surface area (Å²) in [4.78, 5) is 53.2. The van der Waals surface area contributed by atoms with Crippen LogP contribution in [0.4, 0.5) is 5.95 Å². The van der Waals surface area contributed by atoms with E-state index in [4.69, 9.17) is 0 Å². The molecule has 1 aromatic carbocycles. The number of fused-ring (bicyclic) bond motifs is 1. The Kier molecular flexibility index (Phi) is 6.11. The Labute approximate surface area is 179 Å². The molecule has 9 nitrogen and oxygen atoms in total. The van der Waals surface area contributed by atoms with Gasteiger partial charge in [-0.3, -0.25) is 14.2 Å². The number of amides is 1. The summed E-state index contributed by atoms with van der Waals surface area (Å²) in [5.41, 5.74) is 0.0969. The predicted molar refractivity (Wildman–Crippen MR) is 119 cm³/mol. The second-order valence-corrected chi connectivity index (χ2v) is 7.68. The summed E-state index contributed by atoms with van der Waals surface area (Å²) >= 11 is 0. The number of carbonyl (C=O) groups excluding carboxylic acids is 1. The van der Waals surface area contributed by atoms with E-state index in [9.17, 15) is 14.4 Å². The van der Waals surface area contributed by atoms with Crippen LogP contribution in [0.1, 0.15) is 36.5 Å². The molecule has 0 radical (unpaired) electrons. The van der Waals surface area contributed by atoms with Crippen molar-refractivity contribution in [3.63, 3.8) is 0 Å². The van der Waals surface area contributed by atoms with Gasteiger partial charge in [-0.05, 0) is 30.7 Å². The van der Waals surface area contributed by atoms with Crippen LogP contribution >= 0.6 is 0 Å². The molecular weight excluding hydrogens is 396 g/mol. The lowest BCUT2D eigenvalue weighted by Crippen LogP contribution is -2.49. The summed E-state index contributed by atoms with van der Waals surface area (Å²) in [5.74, 6) is 0.539. The van der Waals surface area contributed by atoms with Gasteiger partial charge in [-0.15, -0.1) is 0 Å². The Hall–Kier alpha value is -3.49. The number of nitrogens with zero attached hydrogens (tertiary/aromatic N) is 5. The third-order valence-electron chi connectivity index (χ3n) is 5.62. The number of aromatic amines is 1. The highest BCUT2D eigenvalue weighted by Crippen LogP contribution is 2.15. The fourth-order valence-corrected chi connectivity index (χ4v) is 3.86. The van der Waals surface area contributed by atoms with Gasteiger partial charge >= 0.3 is 5.69 Å². The first-order valence-electron chi connectivity index (χ1n) is 10.7. The molecule has 2 aromatic heterocycles. The lowest BCUT2D eigenvalue weighted by molar-refractivity contribution is 0.0746. The minimum absolute atomic E-state index is 0.122. The van der Waals surface area contributed by atoms with Gasteiger partial charge in [-0.2, -0.15) is 0 Å². The van der Waals surface area contributed by atoms with Crippen molar-refractivity contribution in [3.05, 3.63) is 63.1 Å². The van der Waals surface area contributed by atoms with E-state index in [-0.39, 0.29) is 11.5 Å². The summed E-state index contributed by atoms with van der Waals surface area (Å²) in [6, 6.07) is 6.66. The van der Waals surface area contributed by atoms with E-state index in [1.807, 2.05) is 4.90 Å². The first kappa shape index (κ1) is 20.8. The molecule has 31 heavy (non-hydrogen) atoms. The van der Waals surface area contributed by atoms with Gasteiger partial charge in [0.2, 0.25) is 5.95 Å². The number of anilines is 1. The topological polar surface area (TPSA) is 104 Å². The van der Waals surface area contributed by atoms with Crippen molar-refractivity contribution in [2.24, 2.45) is 0 Å². The molecule has 0 spiro atoms. The van der Waals surface area contributed by atoms with Crippen molar-refractivity contribution < 1.29 is 4.79 Å². The molecule has 3 heterocycles. The summed E-state index contributed by atoms with van der Waals surface area (Å²) in [5, 5.41) is 0.415. The number of aromatic nitrogens is 4. The quantitative estimate of drug-likeness (QED) is 0.606. The van der Waals surface area contributed by atoms with Gasteiger partial charge in [-0.25, -0.2) is 14.8 Å². The number of benzene rings is 1. The normalized spacial score (nSPS) is 14.2. The first-order valence-corrected chi connectivity index (χ1v) is 10.7. The van der Waals surface area contributed by atoms with E-state index in [1.54, 1.807) is 41.6 Å². The molecule has 0 unspecified atom stereocenters. The van der Waals surface area contributed by atoms with Crippen molar-refractivity contribution in [3.8, 4) is 0 Å². The molecule has 0 saturated carbocycles. The third kappa shape index (κ3) is 4.35. The average Bonchev–Trinajstić information content (AvgIpc) is 2.81. The molecule has 4 rings (SSSR count). The maximum atomic E-state index is 13.0. The van der Waals surface area contributed by atoms with E-state index in [0.29, 0.717) is 55.1 Å². The zero-order valence-corrected chi connectivity index (χ0v) is 17.6. The lowest BCUT2D eigenvalue weighted by atomic mass is 10.1. The first-order chi connectivity index (χ1) is 15.1. The fourth-order valence-electron chi connectivity index (χ4n) is 3.86. The third-order valence-corrected chi connectivity index (χ3v) is 5.62. The summed E-state index contributed by atoms with van der Waals surface area (Å²) in [6.07, 6.45) is 6.15. The van der Waals surface area contributed by atoms with Gasteiger partial charge in [0.25, 0.3) is 11.5 Å². The Morgan fingerprint density at radius 2 is 1.81 bits per heavy atom. The van der Waals surface area contributed by atoms with Gasteiger partial charge < -0.3 is 14.8 Å². The SMILES string of the molecule is CCCCCn1c(=O)[nH]c2cc(C(=O)N3CCN(c4ncccn4)CC3)ccc2c1=O. The van der Waals surface area contributed by atoms with E-state index in [0.717, 1.165) is 19.3 Å². The summed E-state index contributed by atoms with van der Waals surface area (Å²) < 4.78 is 1.24. The number of rotatable bonds is 6. The Balaban J connectivity index is 1.51. The number of piperazine rings is 1. The average molecular weight is 422 g/mol. The number of hydrogen-bond acceptors (Lipinski definition) is 6. The molecular formula is C22H26N6O3. The maximum Gasteiger partial charge on any atom is 0.328 e. The number of hydrogen-bond donors (Lipinski definition) is 1.